The minimum atomic E-state index is -0.400. The highest BCUT2D eigenvalue weighted by molar-refractivity contribution is 5.96. The minimum Gasteiger partial charge on any atom is -0.491 e. The van der Waals surface area contributed by atoms with Crippen LogP contribution in [0.1, 0.15) is 39.8 Å². The monoisotopic (exact) mass is 461 g/mol. The third kappa shape index (κ3) is 3.81. The molecule has 0 radical (unpaired) electrons. The van der Waals surface area contributed by atoms with E-state index in [1.807, 2.05) is 32.0 Å². The van der Waals surface area contributed by atoms with E-state index in [0.717, 1.165) is 16.9 Å². The number of carbonyl (C=O) groups excluding carboxylic acids is 1. The first-order valence-electron chi connectivity index (χ1n) is 11.3. The fraction of sp³-hybridized carbons (Fsp3) is 0.259. The van der Waals surface area contributed by atoms with Crippen molar-refractivity contribution >= 4 is 16.9 Å². The van der Waals surface area contributed by atoms with Crippen molar-refractivity contribution in [3.8, 4) is 16.9 Å². The van der Waals surface area contributed by atoms with E-state index in [-0.39, 0.29) is 24.9 Å². The molecule has 0 saturated heterocycles. The lowest BCUT2D eigenvalue weighted by molar-refractivity contribution is 0.0731. The Bertz CT molecular complexity index is 1430. The van der Waals surface area contributed by atoms with E-state index in [4.69, 9.17) is 4.74 Å². The molecule has 1 amide bonds. The summed E-state index contributed by atoms with van der Waals surface area (Å²) in [7, 11) is 0. The Hall–Kier alpha value is -3.74. The largest absolute Gasteiger partial charge is 0.491 e. The summed E-state index contributed by atoms with van der Waals surface area (Å²) in [5.41, 5.74) is 4.75. The van der Waals surface area contributed by atoms with Crippen LogP contribution in [0.5, 0.6) is 5.75 Å². The molecule has 1 aliphatic heterocycles. The number of aromatic amines is 1. The van der Waals surface area contributed by atoms with Crippen LogP contribution < -0.4 is 4.74 Å². The molecule has 174 valence electrons. The lowest BCUT2D eigenvalue weighted by Gasteiger charge is -2.22. The zero-order valence-electron chi connectivity index (χ0n) is 19.3. The number of aryl methyl sites for hydroxylation is 2. The van der Waals surface area contributed by atoms with Gasteiger partial charge in [-0.2, -0.15) is 0 Å². The molecule has 5 nitrogen and oxygen atoms in total. The molecule has 1 N–H and O–H groups in total. The SMILES string of the molecule is CCc1c(C(=O)N2CCOc3cc(F)c(-c4ccc5nc(C)[nH]c5c4)cc3C2)ccc(C)c1F. The Morgan fingerprint density at radius 2 is 1.97 bits per heavy atom. The van der Waals surface area contributed by atoms with Crippen LogP contribution in [0.4, 0.5) is 8.78 Å². The van der Waals surface area contributed by atoms with Crippen molar-refractivity contribution in [2.45, 2.75) is 33.7 Å². The second-order valence-electron chi connectivity index (χ2n) is 8.65. The van der Waals surface area contributed by atoms with Crippen molar-refractivity contribution in [1.29, 1.82) is 0 Å². The Morgan fingerprint density at radius 3 is 2.76 bits per heavy atom. The number of carbonyl (C=O) groups is 1. The fourth-order valence-electron chi connectivity index (χ4n) is 4.56. The molecule has 7 heteroatoms. The Morgan fingerprint density at radius 1 is 1.15 bits per heavy atom. The number of halogens is 2. The molecule has 3 aromatic carbocycles. The number of hydrogen-bond donors (Lipinski definition) is 1. The fourth-order valence-corrected chi connectivity index (χ4v) is 4.56. The van der Waals surface area contributed by atoms with Gasteiger partial charge in [0, 0.05) is 34.9 Å². The van der Waals surface area contributed by atoms with Crippen molar-refractivity contribution in [3.63, 3.8) is 0 Å². The van der Waals surface area contributed by atoms with Crippen LogP contribution in [-0.4, -0.2) is 33.9 Å². The average Bonchev–Trinajstić information content (AvgIpc) is 3.07. The molecule has 34 heavy (non-hydrogen) atoms. The molecule has 0 atom stereocenters. The molecule has 0 bridgehead atoms. The second-order valence-corrected chi connectivity index (χ2v) is 8.65. The number of imidazole rings is 1. The van der Waals surface area contributed by atoms with Gasteiger partial charge < -0.3 is 14.6 Å². The van der Waals surface area contributed by atoms with Gasteiger partial charge in [-0.25, -0.2) is 13.8 Å². The van der Waals surface area contributed by atoms with Gasteiger partial charge in [-0.15, -0.1) is 0 Å². The van der Waals surface area contributed by atoms with Gasteiger partial charge in [0.25, 0.3) is 5.91 Å². The van der Waals surface area contributed by atoms with Gasteiger partial charge in [0.2, 0.25) is 0 Å². The highest BCUT2D eigenvalue weighted by Gasteiger charge is 2.25. The van der Waals surface area contributed by atoms with Gasteiger partial charge in [-0.1, -0.05) is 19.1 Å². The molecule has 0 aliphatic carbocycles. The van der Waals surface area contributed by atoms with Crippen LogP contribution in [0.2, 0.25) is 0 Å². The molecule has 4 aromatic rings. The molecule has 0 spiro atoms. The van der Waals surface area contributed by atoms with Crippen LogP contribution in [0.25, 0.3) is 22.2 Å². The molecular formula is C27H25F2N3O2. The van der Waals surface area contributed by atoms with Crippen LogP contribution in [0, 0.1) is 25.5 Å². The topological polar surface area (TPSA) is 58.2 Å². The Labute approximate surface area is 196 Å². The smallest absolute Gasteiger partial charge is 0.254 e. The number of aromatic nitrogens is 2. The third-order valence-corrected chi connectivity index (χ3v) is 6.35. The van der Waals surface area contributed by atoms with E-state index in [1.165, 1.54) is 6.07 Å². The maximum Gasteiger partial charge on any atom is 0.254 e. The summed E-state index contributed by atoms with van der Waals surface area (Å²) in [5.74, 6) is 0.209. The lowest BCUT2D eigenvalue weighted by Crippen LogP contribution is -2.33. The van der Waals surface area contributed by atoms with Gasteiger partial charge in [0.1, 0.15) is 29.8 Å². The third-order valence-electron chi connectivity index (χ3n) is 6.35. The molecule has 5 rings (SSSR count). The molecule has 1 aliphatic rings. The Balaban J connectivity index is 1.51. The number of hydrogen-bond acceptors (Lipinski definition) is 3. The number of benzene rings is 3. The number of rotatable bonds is 3. The van der Waals surface area contributed by atoms with E-state index >= 15 is 4.39 Å². The highest BCUT2D eigenvalue weighted by atomic mass is 19.1. The molecule has 0 fully saturated rings. The van der Waals surface area contributed by atoms with Crippen molar-refractivity contribution < 1.29 is 18.3 Å². The van der Waals surface area contributed by atoms with Gasteiger partial charge in [0.15, 0.2) is 0 Å². The zero-order chi connectivity index (χ0) is 24.0. The minimum absolute atomic E-state index is 0.229. The van der Waals surface area contributed by atoms with E-state index in [1.54, 1.807) is 30.0 Å². The van der Waals surface area contributed by atoms with Crippen molar-refractivity contribution in [2.24, 2.45) is 0 Å². The van der Waals surface area contributed by atoms with Gasteiger partial charge in [-0.3, -0.25) is 4.79 Å². The molecule has 2 heterocycles. The van der Waals surface area contributed by atoms with E-state index < -0.39 is 5.82 Å². The number of nitrogens with zero attached hydrogens (tertiary/aromatic N) is 2. The average molecular weight is 462 g/mol. The molecule has 0 saturated carbocycles. The van der Waals surface area contributed by atoms with Crippen LogP contribution >= 0.6 is 0 Å². The summed E-state index contributed by atoms with van der Waals surface area (Å²) in [6, 6.07) is 12.0. The van der Waals surface area contributed by atoms with Crippen molar-refractivity contribution in [2.75, 3.05) is 13.2 Å². The van der Waals surface area contributed by atoms with Gasteiger partial charge in [0.05, 0.1) is 17.6 Å². The number of ether oxygens (including phenoxy) is 1. The van der Waals surface area contributed by atoms with Crippen LogP contribution in [0.15, 0.2) is 42.5 Å². The number of fused-ring (bicyclic) bond motifs is 2. The zero-order valence-corrected chi connectivity index (χ0v) is 19.3. The van der Waals surface area contributed by atoms with E-state index in [2.05, 4.69) is 9.97 Å². The molecule has 1 aromatic heterocycles. The van der Waals surface area contributed by atoms with E-state index in [9.17, 15) is 9.18 Å². The van der Waals surface area contributed by atoms with Crippen molar-refractivity contribution in [3.05, 3.63) is 82.2 Å². The summed E-state index contributed by atoms with van der Waals surface area (Å²) < 4.78 is 35.5. The van der Waals surface area contributed by atoms with E-state index in [0.29, 0.717) is 52.1 Å². The van der Waals surface area contributed by atoms with Gasteiger partial charge >= 0.3 is 0 Å². The normalized spacial score (nSPS) is 13.5. The first-order chi connectivity index (χ1) is 16.4. The molecule has 0 unspecified atom stereocenters. The number of H-pyrrole nitrogens is 1. The quantitative estimate of drug-likeness (QED) is 0.424. The van der Waals surface area contributed by atoms with Crippen LogP contribution in [0.3, 0.4) is 0 Å². The van der Waals surface area contributed by atoms with Crippen molar-refractivity contribution in [1.82, 2.24) is 14.9 Å². The summed E-state index contributed by atoms with van der Waals surface area (Å²) >= 11 is 0. The summed E-state index contributed by atoms with van der Waals surface area (Å²) in [6.07, 6.45) is 0.417. The summed E-state index contributed by atoms with van der Waals surface area (Å²) in [4.78, 5) is 22.6. The van der Waals surface area contributed by atoms with Gasteiger partial charge in [-0.05, 0) is 55.7 Å². The van der Waals surface area contributed by atoms with Crippen LogP contribution in [-0.2, 0) is 13.0 Å². The number of nitrogens with one attached hydrogen (secondary N) is 1. The lowest BCUT2D eigenvalue weighted by atomic mass is 9.99. The first-order valence-corrected chi connectivity index (χ1v) is 11.3. The Kier molecular flexibility index (Phi) is 5.55. The first kappa shape index (κ1) is 22.1. The predicted molar refractivity (Wildman–Crippen MR) is 127 cm³/mol. The molecular weight excluding hydrogens is 436 g/mol. The second kappa shape index (κ2) is 8.56. The maximum absolute atomic E-state index is 15.1. The standard InChI is InChI=1S/C27H25F2N3O2/c1-4-19-20(7-5-15(2)26(19)29)27(33)32-9-10-34-25-13-22(28)21(11-18(25)14-32)17-6-8-23-24(12-17)31-16(3)30-23/h5-8,11-13H,4,9-10,14H2,1-3H3,(H,30,31). The highest BCUT2D eigenvalue weighted by Crippen LogP contribution is 2.34. The summed E-state index contributed by atoms with van der Waals surface area (Å²) in [5, 5.41) is 0. The maximum atomic E-state index is 15.1. The summed E-state index contributed by atoms with van der Waals surface area (Å²) in [6.45, 7) is 6.19. The predicted octanol–water partition coefficient (Wildman–Crippen LogP) is 5.72. The number of amides is 1.